The van der Waals surface area contributed by atoms with Crippen LogP contribution in [0.1, 0.15) is 16.7 Å². The lowest BCUT2D eigenvalue weighted by Crippen LogP contribution is -2.27. The highest BCUT2D eigenvalue weighted by molar-refractivity contribution is 14.1. The van der Waals surface area contributed by atoms with Gasteiger partial charge in [0.1, 0.15) is 0 Å². The van der Waals surface area contributed by atoms with Gasteiger partial charge in [-0.2, -0.15) is 0 Å². The Kier molecular flexibility index (Phi) is 4.87. The molecule has 5 heteroatoms. The average molecular weight is 435 g/mol. The van der Waals surface area contributed by atoms with Crippen LogP contribution < -0.4 is 0 Å². The first-order chi connectivity index (χ1) is 11.0. The molecule has 1 heterocycles. The van der Waals surface area contributed by atoms with Gasteiger partial charge in [0.2, 0.25) is 0 Å². The van der Waals surface area contributed by atoms with Crippen molar-refractivity contribution in [2.75, 3.05) is 0 Å². The fraction of sp³-hybridized carbons (Fsp3) is 0.111. The molecule has 0 saturated carbocycles. The van der Waals surface area contributed by atoms with Crippen molar-refractivity contribution in [1.29, 1.82) is 0 Å². The van der Waals surface area contributed by atoms with Gasteiger partial charge >= 0.3 is 0 Å². The Balaban J connectivity index is 1.79. The molecule has 0 aliphatic carbocycles. The first-order valence-corrected chi connectivity index (χ1v) is 8.99. The van der Waals surface area contributed by atoms with Crippen molar-refractivity contribution in [2.24, 2.45) is 0 Å². The maximum absolute atomic E-state index is 12.5. The van der Waals surface area contributed by atoms with Crippen molar-refractivity contribution < 1.29 is 9.59 Å². The Morgan fingerprint density at radius 1 is 1.04 bits per heavy atom. The molecule has 1 aliphatic rings. The maximum Gasteiger partial charge on any atom is 0.293 e. The number of amides is 2. The molecule has 23 heavy (non-hydrogen) atoms. The second kappa shape index (κ2) is 6.88. The molecule has 0 spiro atoms. The molecule has 0 aromatic heterocycles. The predicted octanol–water partition coefficient (Wildman–Crippen LogP) is 4.84. The molecule has 2 aromatic carbocycles. The first-order valence-electron chi connectivity index (χ1n) is 7.09. The molecule has 2 aromatic rings. The van der Waals surface area contributed by atoms with Crippen LogP contribution in [0.4, 0.5) is 4.79 Å². The highest BCUT2D eigenvalue weighted by atomic mass is 127. The van der Waals surface area contributed by atoms with Crippen LogP contribution in [-0.4, -0.2) is 16.0 Å². The van der Waals surface area contributed by atoms with E-state index in [2.05, 4.69) is 22.6 Å². The van der Waals surface area contributed by atoms with Gasteiger partial charge in [0.25, 0.3) is 11.1 Å². The molecule has 0 radical (unpaired) electrons. The van der Waals surface area contributed by atoms with Crippen LogP contribution >= 0.6 is 34.4 Å². The quantitative estimate of drug-likeness (QED) is 0.512. The lowest BCUT2D eigenvalue weighted by molar-refractivity contribution is -0.123. The third-order valence-electron chi connectivity index (χ3n) is 3.50. The Labute approximate surface area is 152 Å². The Hall–Kier alpha value is -1.60. The van der Waals surface area contributed by atoms with Crippen LogP contribution in [0.3, 0.4) is 0 Å². The van der Waals surface area contributed by atoms with Crippen molar-refractivity contribution in [3.63, 3.8) is 0 Å². The molecule has 0 N–H and O–H groups in total. The number of aryl methyl sites for hydroxylation is 1. The largest absolute Gasteiger partial charge is 0.293 e. The zero-order chi connectivity index (χ0) is 16.4. The van der Waals surface area contributed by atoms with Gasteiger partial charge in [-0.15, -0.1) is 0 Å². The van der Waals surface area contributed by atoms with Crippen LogP contribution in [-0.2, 0) is 11.3 Å². The number of rotatable bonds is 3. The summed E-state index contributed by atoms with van der Waals surface area (Å²) in [6.07, 6.45) is 1.78. The molecule has 3 nitrogen and oxygen atoms in total. The Morgan fingerprint density at radius 3 is 2.35 bits per heavy atom. The molecular formula is C18H14INO2S. The normalized spacial score (nSPS) is 16.4. The van der Waals surface area contributed by atoms with Crippen molar-refractivity contribution in [2.45, 2.75) is 13.5 Å². The van der Waals surface area contributed by atoms with E-state index in [1.165, 1.54) is 4.90 Å². The van der Waals surface area contributed by atoms with Crippen molar-refractivity contribution in [3.05, 3.63) is 73.7 Å². The van der Waals surface area contributed by atoms with E-state index in [1.807, 2.05) is 55.5 Å². The molecule has 0 unspecified atom stereocenters. The van der Waals surface area contributed by atoms with Crippen molar-refractivity contribution >= 4 is 51.6 Å². The molecule has 2 amide bonds. The smallest absolute Gasteiger partial charge is 0.268 e. The molecule has 3 rings (SSSR count). The van der Waals surface area contributed by atoms with Gasteiger partial charge in [-0.05, 0) is 70.6 Å². The van der Waals surface area contributed by atoms with Gasteiger partial charge in [-0.3, -0.25) is 14.5 Å². The molecule has 0 atom stereocenters. The summed E-state index contributed by atoms with van der Waals surface area (Å²) in [7, 11) is 0. The maximum atomic E-state index is 12.5. The summed E-state index contributed by atoms with van der Waals surface area (Å²) >= 11 is 3.23. The van der Waals surface area contributed by atoms with Gasteiger partial charge in [-0.1, -0.05) is 42.0 Å². The van der Waals surface area contributed by atoms with Crippen LogP contribution in [0, 0.1) is 10.5 Å². The number of thioether (sulfide) groups is 1. The molecule has 0 bridgehead atoms. The second-order valence-electron chi connectivity index (χ2n) is 5.31. The molecular weight excluding hydrogens is 421 g/mol. The zero-order valence-electron chi connectivity index (χ0n) is 12.5. The molecule has 116 valence electrons. The summed E-state index contributed by atoms with van der Waals surface area (Å²) in [5.41, 5.74) is 3.04. The van der Waals surface area contributed by atoms with E-state index >= 15 is 0 Å². The van der Waals surface area contributed by atoms with Gasteiger partial charge in [-0.25, -0.2) is 0 Å². The third kappa shape index (κ3) is 3.84. The van der Waals surface area contributed by atoms with E-state index in [1.54, 1.807) is 6.08 Å². The van der Waals surface area contributed by atoms with E-state index in [0.29, 0.717) is 11.4 Å². The number of carbonyl (C=O) groups is 2. The van der Waals surface area contributed by atoms with Gasteiger partial charge < -0.3 is 0 Å². The Morgan fingerprint density at radius 2 is 1.70 bits per heavy atom. The fourth-order valence-corrected chi connectivity index (χ4v) is 3.42. The van der Waals surface area contributed by atoms with Crippen LogP contribution in [0.15, 0.2) is 53.4 Å². The number of imide groups is 1. The van der Waals surface area contributed by atoms with E-state index in [0.717, 1.165) is 32.0 Å². The van der Waals surface area contributed by atoms with E-state index < -0.39 is 0 Å². The van der Waals surface area contributed by atoms with E-state index in [-0.39, 0.29) is 11.1 Å². The number of halogens is 1. The SMILES string of the molecule is Cc1ccc(/C=C2\SC(=O)N(Cc3ccc(I)cc3)C2=O)cc1. The van der Waals surface area contributed by atoms with Crippen molar-refractivity contribution in [1.82, 2.24) is 4.90 Å². The summed E-state index contributed by atoms with van der Waals surface area (Å²) in [5, 5.41) is -0.216. The topological polar surface area (TPSA) is 37.4 Å². The summed E-state index contributed by atoms with van der Waals surface area (Å²) in [6, 6.07) is 15.7. The van der Waals surface area contributed by atoms with E-state index in [9.17, 15) is 9.59 Å². The second-order valence-corrected chi connectivity index (χ2v) is 7.54. The Bertz CT molecular complexity index is 782. The van der Waals surface area contributed by atoms with Crippen LogP contribution in [0.25, 0.3) is 6.08 Å². The first kappa shape index (κ1) is 16.3. The summed E-state index contributed by atoms with van der Waals surface area (Å²) in [6.45, 7) is 2.32. The summed E-state index contributed by atoms with van der Waals surface area (Å²) in [5.74, 6) is -0.223. The van der Waals surface area contributed by atoms with Crippen molar-refractivity contribution in [3.8, 4) is 0 Å². The number of carbonyl (C=O) groups excluding carboxylic acids is 2. The standard InChI is InChI=1S/C18H14INO2S/c1-12-2-4-13(5-3-12)10-16-17(21)20(18(22)23-16)11-14-6-8-15(19)9-7-14/h2-10H,11H2,1H3/b16-10-. The van der Waals surface area contributed by atoms with E-state index in [4.69, 9.17) is 0 Å². The molecule has 1 saturated heterocycles. The lowest BCUT2D eigenvalue weighted by atomic mass is 10.1. The minimum atomic E-state index is -0.223. The summed E-state index contributed by atoms with van der Waals surface area (Å²) < 4.78 is 1.12. The van der Waals surface area contributed by atoms with Gasteiger partial charge in [0, 0.05) is 3.57 Å². The van der Waals surface area contributed by atoms with Crippen LogP contribution in [0.5, 0.6) is 0 Å². The molecule has 1 fully saturated rings. The monoisotopic (exact) mass is 435 g/mol. The lowest BCUT2D eigenvalue weighted by Gasteiger charge is -2.12. The number of hydrogen-bond donors (Lipinski definition) is 0. The predicted molar refractivity (Wildman–Crippen MR) is 102 cm³/mol. The minimum absolute atomic E-state index is 0.216. The number of hydrogen-bond acceptors (Lipinski definition) is 3. The highest BCUT2D eigenvalue weighted by Crippen LogP contribution is 2.33. The third-order valence-corrected chi connectivity index (χ3v) is 5.13. The van der Waals surface area contributed by atoms with Gasteiger partial charge in [0.05, 0.1) is 11.4 Å². The van der Waals surface area contributed by atoms with Crippen LogP contribution in [0.2, 0.25) is 0 Å². The molecule has 1 aliphatic heterocycles. The number of nitrogens with zero attached hydrogens (tertiary/aromatic N) is 1. The summed E-state index contributed by atoms with van der Waals surface area (Å²) in [4.78, 5) is 26.4. The highest BCUT2D eigenvalue weighted by Gasteiger charge is 2.34. The average Bonchev–Trinajstić information content (AvgIpc) is 2.79. The van der Waals surface area contributed by atoms with Gasteiger partial charge in [0.15, 0.2) is 0 Å². The minimum Gasteiger partial charge on any atom is -0.268 e. The fourth-order valence-electron chi connectivity index (χ4n) is 2.22. The zero-order valence-corrected chi connectivity index (χ0v) is 15.4. The number of benzene rings is 2.